The van der Waals surface area contributed by atoms with Gasteiger partial charge in [-0.05, 0) is 11.1 Å². The molecule has 0 saturated carbocycles. The van der Waals surface area contributed by atoms with E-state index in [1.807, 2.05) is 12.1 Å². The first-order valence-corrected chi connectivity index (χ1v) is 10.6. The van der Waals surface area contributed by atoms with Crippen molar-refractivity contribution in [3.63, 3.8) is 0 Å². The van der Waals surface area contributed by atoms with Crippen LogP contribution in [0.4, 0.5) is 13.2 Å². The van der Waals surface area contributed by atoms with E-state index in [2.05, 4.69) is 48.5 Å². The van der Waals surface area contributed by atoms with E-state index in [0.717, 1.165) is 0 Å². The third-order valence-electron chi connectivity index (χ3n) is 3.71. The molecule has 0 heterocycles. The molecule has 3 aromatic rings. The van der Waals surface area contributed by atoms with Gasteiger partial charge in [-0.3, -0.25) is 0 Å². The molecule has 0 N–H and O–H groups in total. The normalized spacial score (nSPS) is 11.7. The van der Waals surface area contributed by atoms with Crippen molar-refractivity contribution in [1.29, 1.82) is 0 Å². The third kappa shape index (κ3) is 6.26. The molecular weight excluding hydrogens is 545 g/mol. The van der Waals surface area contributed by atoms with Crippen LogP contribution in [0, 0.1) is 0 Å². The minimum Gasteiger partial charge on any atom is -0.166 e. The van der Waals surface area contributed by atoms with E-state index in [1.165, 1.54) is 11.1 Å². The number of hydrogen-bond donors (Lipinski definition) is 0. The first-order valence-electron chi connectivity index (χ1n) is 7.96. The van der Waals surface area contributed by atoms with Crippen LogP contribution in [0.25, 0.3) is 11.1 Å². The quantitative estimate of drug-likeness (QED) is 0.207. The number of benzene rings is 3. The number of hydrogen-bond acceptors (Lipinski definition) is 0. The lowest BCUT2D eigenvalue weighted by Gasteiger charge is -2.21. The van der Waals surface area contributed by atoms with Crippen molar-refractivity contribution in [2.45, 2.75) is 9.97 Å². The van der Waals surface area contributed by atoms with E-state index in [1.54, 1.807) is 0 Å². The Balaban J connectivity index is 0.000000230. The summed E-state index contributed by atoms with van der Waals surface area (Å²) in [4.78, 5) is 0. The first-order chi connectivity index (χ1) is 13.9. The van der Waals surface area contributed by atoms with Gasteiger partial charge in [0.1, 0.15) is 0 Å². The highest BCUT2D eigenvalue weighted by atomic mass is 35.6. The fourth-order valence-electron chi connectivity index (χ4n) is 2.39. The molecule has 3 rings (SSSR count). The lowest BCUT2D eigenvalue weighted by atomic mass is 10.1. The Hall–Kier alpha value is -0.520. The zero-order valence-electron chi connectivity index (χ0n) is 14.6. The molecule has 0 aromatic heterocycles. The largest absolute Gasteiger partial charge is 0.419 e. The van der Waals surface area contributed by atoms with Crippen LogP contribution in [0.2, 0.25) is 20.1 Å². The van der Waals surface area contributed by atoms with Crippen molar-refractivity contribution in [1.82, 2.24) is 0 Å². The lowest BCUT2D eigenvalue weighted by Crippen LogP contribution is -2.12. The number of halogens is 10. The molecule has 0 amide bonds. The SMILES string of the molecule is FC(F)(F)c1c(Cl)c(Cl)c(C(Cl)(Cl)Cl)c(Cl)c1Cl.c1ccc(-c2ccccc2)cc1. The fourth-order valence-corrected chi connectivity index (χ4v) is 4.60. The Morgan fingerprint density at radius 2 is 0.800 bits per heavy atom. The molecule has 0 fully saturated rings. The smallest absolute Gasteiger partial charge is 0.166 e. The molecule has 30 heavy (non-hydrogen) atoms. The van der Waals surface area contributed by atoms with Crippen LogP contribution in [0.3, 0.4) is 0 Å². The first kappa shape index (κ1) is 25.7. The van der Waals surface area contributed by atoms with Crippen LogP contribution < -0.4 is 0 Å². The maximum Gasteiger partial charge on any atom is 0.419 e. The molecule has 0 atom stereocenters. The third-order valence-corrected chi connectivity index (χ3v) is 5.98. The highest BCUT2D eigenvalue weighted by Gasteiger charge is 2.42. The lowest BCUT2D eigenvalue weighted by molar-refractivity contribution is -0.137. The Kier molecular flexibility index (Phi) is 8.92. The van der Waals surface area contributed by atoms with Crippen LogP contribution in [0.1, 0.15) is 11.1 Å². The minimum absolute atomic E-state index is 0.404. The predicted molar refractivity (Wildman–Crippen MR) is 123 cm³/mol. The van der Waals surface area contributed by atoms with Gasteiger partial charge in [-0.2, -0.15) is 13.2 Å². The Morgan fingerprint density at radius 1 is 0.500 bits per heavy atom. The van der Waals surface area contributed by atoms with Crippen molar-refractivity contribution in [2.75, 3.05) is 0 Å². The van der Waals surface area contributed by atoms with Crippen LogP contribution in [0.15, 0.2) is 60.7 Å². The summed E-state index contributed by atoms with van der Waals surface area (Å²) >= 11 is 38.9. The standard InChI is InChI=1S/C12H10.C8Cl7F3/c1-3-7-11(8-4-1)12-9-5-2-6-10-12;9-3-1(7(13,14)15)4(10)6(12)2(5(3)11)8(16,17)18/h1-10H;. The van der Waals surface area contributed by atoms with Crippen molar-refractivity contribution in [3.8, 4) is 11.1 Å². The summed E-state index contributed by atoms with van der Waals surface area (Å²) < 4.78 is 36.0. The maximum absolute atomic E-state index is 12.7. The average molecular weight is 555 g/mol. The topological polar surface area (TPSA) is 0 Å². The summed E-state index contributed by atoms with van der Waals surface area (Å²) in [5.41, 5.74) is 0.772. The van der Waals surface area contributed by atoms with Crippen molar-refractivity contribution >= 4 is 81.2 Å². The summed E-state index contributed by atoms with van der Waals surface area (Å²) in [6.45, 7) is 0. The number of alkyl halides is 6. The van der Waals surface area contributed by atoms with Gasteiger partial charge in [-0.1, -0.05) is 142 Å². The molecule has 0 unspecified atom stereocenters. The second-order valence-corrected chi connectivity index (χ2v) is 9.53. The Morgan fingerprint density at radius 3 is 1.07 bits per heavy atom. The highest BCUT2D eigenvalue weighted by Crippen LogP contribution is 2.54. The van der Waals surface area contributed by atoms with E-state index in [-0.39, 0.29) is 0 Å². The van der Waals surface area contributed by atoms with Gasteiger partial charge in [0.2, 0.25) is 3.79 Å². The molecule has 0 aliphatic heterocycles. The second kappa shape index (κ2) is 10.4. The minimum atomic E-state index is -4.84. The molecule has 0 spiro atoms. The summed E-state index contributed by atoms with van der Waals surface area (Å²) in [5.74, 6) is 0. The highest BCUT2D eigenvalue weighted by molar-refractivity contribution is 6.68. The van der Waals surface area contributed by atoms with E-state index < -0.39 is 41.2 Å². The molecule has 0 bridgehead atoms. The Labute approximate surface area is 206 Å². The van der Waals surface area contributed by atoms with Gasteiger partial charge in [0, 0.05) is 5.56 Å². The van der Waals surface area contributed by atoms with Gasteiger partial charge in [0.05, 0.1) is 25.7 Å². The number of rotatable bonds is 1. The molecular formula is C20H10Cl7F3. The van der Waals surface area contributed by atoms with Crippen molar-refractivity contribution in [3.05, 3.63) is 91.9 Å². The van der Waals surface area contributed by atoms with Gasteiger partial charge >= 0.3 is 6.18 Å². The molecule has 160 valence electrons. The predicted octanol–water partition coefficient (Wildman–Crippen LogP) is 10.5. The van der Waals surface area contributed by atoms with Gasteiger partial charge < -0.3 is 0 Å². The van der Waals surface area contributed by atoms with Crippen LogP contribution in [-0.2, 0) is 9.97 Å². The molecule has 0 nitrogen and oxygen atoms in total. The zero-order chi connectivity index (χ0) is 22.7. The summed E-state index contributed by atoms with van der Waals surface area (Å²) in [6.07, 6.45) is -4.84. The van der Waals surface area contributed by atoms with E-state index in [0.29, 0.717) is 0 Å². The molecule has 0 saturated heterocycles. The Bertz CT molecular complexity index is 887. The average Bonchev–Trinajstić information content (AvgIpc) is 2.66. The van der Waals surface area contributed by atoms with Crippen LogP contribution in [-0.4, -0.2) is 0 Å². The van der Waals surface area contributed by atoms with E-state index >= 15 is 0 Å². The summed E-state index contributed by atoms with van der Waals surface area (Å²) in [7, 11) is 0. The van der Waals surface area contributed by atoms with Crippen LogP contribution >= 0.6 is 81.2 Å². The molecule has 0 radical (unpaired) electrons. The summed E-state index contributed by atoms with van der Waals surface area (Å²) in [5, 5.41) is -2.98. The monoisotopic (exact) mass is 552 g/mol. The molecule has 0 aliphatic carbocycles. The zero-order valence-corrected chi connectivity index (χ0v) is 19.8. The van der Waals surface area contributed by atoms with Gasteiger partial charge in [-0.25, -0.2) is 0 Å². The van der Waals surface area contributed by atoms with Gasteiger partial charge in [0.25, 0.3) is 0 Å². The van der Waals surface area contributed by atoms with Crippen molar-refractivity contribution < 1.29 is 13.2 Å². The van der Waals surface area contributed by atoms with Gasteiger partial charge in [-0.15, -0.1) is 0 Å². The summed E-state index contributed by atoms with van der Waals surface area (Å²) in [6, 6.07) is 20.8. The molecule has 0 aliphatic rings. The van der Waals surface area contributed by atoms with E-state index in [4.69, 9.17) is 81.2 Å². The maximum atomic E-state index is 12.7. The van der Waals surface area contributed by atoms with Crippen molar-refractivity contribution in [2.24, 2.45) is 0 Å². The molecule has 10 heteroatoms. The molecule has 3 aromatic carbocycles. The second-order valence-electron chi connectivity index (χ2n) is 5.73. The van der Waals surface area contributed by atoms with Crippen LogP contribution in [0.5, 0.6) is 0 Å². The van der Waals surface area contributed by atoms with Gasteiger partial charge in [0.15, 0.2) is 0 Å². The fraction of sp³-hybridized carbons (Fsp3) is 0.100. The van der Waals surface area contributed by atoms with E-state index in [9.17, 15) is 13.2 Å².